The number of pyridine rings is 1. The standard InChI is InChI=1S/C21H25N3O6S/c1-6-8-17(25)15(3)31(27,28)23-24(21(26)16-11-14(2)12-22-13-16)20-18(29-4)9-7-10-19(20)30-5/h7,9-13,15,17,23,25H,1-5H3/t15-,17+/m1/s1. The van der Waals surface area contributed by atoms with E-state index in [0.29, 0.717) is 5.56 Å². The summed E-state index contributed by atoms with van der Waals surface area (Å²) < 4.78 is 36.7. The molecule has 1 amide bonds. The van der Waals surface area contributed by atoms with Crippen LogP contribution in [-0.4, -0.2) is 50.0 Å². The molecule has 2 rings (SSSR count). The van der Waals surface area contributed by atoms with Crippen molar-refractivity contribution in [1.29, 1.82) is 0 Å². The zero-order chi connectivity index (χ0) is 23.2. The number of hydrogen-bond donors (Lipinski definition) is 2. The molecule has 0 bridgehead atoms. The van der Waals surface area contributed by atoms with E-state index < -0.39 is 27.3 Å². The second-order valence-corrected chi connectivity index (χ2v) is 8.60. The SMILES string of the molecule is CC#C[C@H](O)[C@@H](C)S(=O)(=O)NN(C(=O)c1cncc(C)c1)c1c(OC)cccc1OC. The number of ether oxygens (including phenoxy) is 2. The number of nitrogens with zero attached hydrogens (tertiary/aromatic N) is 2. The molecule has 0 radical (unpaired) electrons. The Morgan fingerprint density at radius 3 is 2.35 bits per heavy atom. The fraction of sp³-hybridized carbons (Fsp3) is 0.333. The van der Waals surface area contributed by atoms with E-state index >= 15 is 0 Å². The largest absolute Gasteiger partial charge is 0.494 e. The minimum absolute atomic E-state index is 0.0471. The van der Waals surface area contributed by atoms with Crippen LogP contribution in [0.25, 0.3) is 0 Å². The molecule has 0 aliphatic rings. The van der Waals surface area contributed by atoms with Gasteiger partial charge in [-0.1, -0.05) is 12.0 Å². The van der Waals surface area contributed by atoms with Crippen LogP contribution in [0.5, 0.6) is 11.5 Å². The number of hydrogen-bond acceptors (Lipinski definition) is 7. The van der Waals surface area contributed by atoms with Crippen LogP contribution in [0, 0.1) is 18.8 Å². The predicted molar refractivity (Wildman–Crippen MR) is 116 cm³/mol. The molecule has 1 heterocycles. The number of hydrazine groups is 1. The molecule has 0 fully saturated rings. The van der Waals surface area contributed by atoms with Crippen molar-refractivity contribution >= 4 is 21.6 Å². The highest BCUT2D eigenvalue weighted by molar-refractivity contribution is 7.90. The average Bonchev–Trinajstić information content (AvgIpc) is 2.76. The highest BCUT2D eigenvalue weighted by atomic mass is 32.2. The van der Waals surface area contributed by atoms with Gasteiger partial charge in [0.1, 0.15) is 28.5 Å². The molecular weight excluding hydrogens is 422 g/mol. The lowest BCUT2D eigenvalue weighted by Crippen LogP contribution is -2.51. The minimum atomic E-state index is -4.27. The van der Waals surface area contributed by atoms with Crippen LogP contribution in [0.2, 0.25) is 0 Å². The molecule has 0 unspecified atom stereocenters. The normalized spacial score (nSPS) is 12.8. The van der Waals surface area contributed by atoms with Gasteiger partial charge in [0.25, 0.3) is 5.91 Å². The van der Waals surface area contributed by atoms with Crippen LogP contribution in [0.15, 0.2) is 36.7 Å². The number of carbonyl (C=O) groups is 1. The van der Waals surface area contributed by atoms with Crippen LogP contribution < -0.4 is 19.3 Å². The summed E-state index contributed by atoms with van der Waals surface area (Å²) in [6.07, 6.45) is 1.43. The molecule has 10 heteroatoms. The number of carbonyl (C=O) groups excluding carboxylic acids is 1. The lowest BCUT2D eigenvalue weighted by atomic mass is 10.2. The Morgan fingerprint density at radius 1 is 1.23 bits per heavy atom. The molecule has 2 N–H and O–H groups in total. The Hall–Kier alpha value is -3.13. The van der Waals surface area contributed by atoms with E-state index in [-0.39, 0.29) is 22.7 Å². The van der Waals surface area contributed by atoms with Gasteiger partial charge in [0.2, 0.25) is 10.0 Å². The summed E-state index contributed by atoms with van der Waals surface area (Å²) in [4.78, 5) is 19.6. The van der Waals surface area contributed by atoms with Crippen LogP contribution in [0.3, 0.4) is 0 Å². The van der Waals surface area contributed by atoms with Crippen molar-refractivity contribution in [2.45, 2.75) is 32.1 Å². The van der Waals surface area contributed by atoms with Gasteiger partial charge in [0.15, 0.2) is 0 Å². The van der Waals surface area contributed by atoms with Gasteiger partial charge in [-0.05, 0) is 44.5 Å². The Balaban J connectivity index is 2.64. The fourth-order valence-electron chi connectivity index (χ4n) is 2.69. The number of aliphatic hydroxyl groups is 1. The Morgan fingerprint density at radius 2 is 1.84 bits per heavy atom. The van der Waals surface area contributed by atoms with Crippen molar-refractivity contribution in [3.63, 3.8) is 0 Å². The Kier molecular flexibility index (Phi) is 7.99. The molecule has 0 spiro atoms. The summed E-state index contributed by atoms with van der Waals surface area (Å²) in [5.41, 5.74) is 0.894. The molecule has 9 nitrogen and oxygen atoms in total. The van der Waals surface area contributed by atoms with Crippen molar-refractivity contribution in [2.24, 2.45) is 0 Å². The van der Waals surface area contributed by atoms with Gasteiger partial charge in [-0.25, -0.2) is 13.4 Å². The van der Waals surface area contributed by atoms with Crippen LogP contribution in [0.1, 0.15) is 29.8 Å². The summed E-state index contributed by atoms with van der Waals surface area (Å²) in [5.74, 6) is 4.54. The van der Waals surface area contributed by atoms with Gasteiger partial charge >= 0.3 is 0 Å². The van der Waals surface area contributed by atoms with E-state index in [1.807, 2.05) is 0 Å². The molecule has 1 aromatic heterocycles. The first-order valence-electron chi connectivity index (χ1n) is 9.25. The number of aromatic nitrogens is 1. The van der Waals surface area contributed by atoms with E-state index in [9.17, 15) is 18.3 Å². The minimum Gasteiger partial charge on any atom is -0.494 e. The second kappa shape index (κ2) is 10.3. The third-order valence-electron chi connectivity index (χ3n) is 4.40. The van der Waals surface area contributed by atoms with E-state index in [1.54, 1.807) is 37.4 Å². The molecule has 1 aromatic carbocycles. The maximum Gasteiger partial charge on any atom is 0.275 e. The molecule has 0 saturated carbocycles. The number of aryl methyl sites for hydroxylation is 1. The first-order chi connectivity index (χ1) is 14.7. The number of para-hydroxylation sites is 1. The Labute approximate surface area is 182 Å². The monoisotopic (exact) mass is 447 g/mol. The summed E-state index contributed by atoms with van der Waals surface area (Å²) in [6.45, 7) is 4.52. The molecular formula is C21H25N3O6S. The molecule has 166 valence electrons. The number of benzene rings is 1. The van der Waals surface area contributed by atoms with Gasteiger partial charge in [-0.2, -0.15) is 0 Å². The topological polar surface area (TPSA) is 118 Å². The Bertz CT molecular complexity index is 1090. The van der Waals surface area contributed by atoms with Crippen LogP contribution in [-0.2, 0) is 10.0 Å². The second-order valence-electron chi connectivity index (χ2n) is 6.58. The number of amides is 1. The van der Waals surface area contributed by atoms with E-state index in [4.69, 9.17) is 9.47 Å². The zero-order valence-electron chi connectivity index (χ0n) is 17.9. The van der Waals surface area contributed by atoms with Gasteiger partial charge in [0.05, 0.1) is 19.8 Å². The smallest absolute Gasteiger partial charge is 0.275 e. The van der Waals surface area contributed by atoms with Gasteiger partial charge < -0.3 is 14.6 Å². The third-order valence-corrected chi connectivity index (χ3v) is 6.07. The van der Waals surface area contributed by atoms with Crippen LogP contribution in [0.4, 0.5) is 5.69 Å². The van der Waals surface area contributed by atoms with Gasteiger partial charge in [-0.15, -0.1) is 10.8 Å². The van der Waals surface area contributed by atoms with Gasteiger partial charge in [-0.3, -0.25) is 9.78 Å². The number of nitrogens with one attached hydrogen (secondary N) is 1. The van der Waals surface area contributed by atoms with Crippen molar-refractivity contribution in [1.82, 2.24) is 9.82 Å². The van der Waals surface area contributed by atoms with E-state index in [0.717, 1.165) is 5.01 Å². The molecule has 0 saturated heterocycles. The predicted octanol–water partition coefficient (Wildman–Crippen LogP) is 1.66. The quantitative estimate of drug-likeness (QED) is 0.467. The first kappa shape index (κ1) is 24.1. The summed E-state index contributed by atoms with van der Waals surface area (Å²) in [7, 11) is -1.51. The van der Waals surface area contributed by atoms with Crippen LogP contribution >= 0.6 is 0 Å². The van der Waals surface area contributed by atoms with Gasteiger partial charge in [0, 0.05) is 12.4 Å². The fourth-order valence-corrected chi connectivity index (χ4v) is 3.69. The van der Waals surface area contributed by atoms with Crippen molar-refractivity contribution in [3.05, 3.63) is 47.8 Å². The van der Waals surface area contributed by atoms with E-state index in [1.165, 1.54) is 34.3 Å². The number of anilines is 1. The summed E-state index contributed by atoms with van der Waals surface area (Å²) in [6, 6.07) is 6.32. The molecule has 2 atom stereocenters. The average molecular weight is 448 g/mol. The summed E-state index contributed by atoms with van der Waals surface area (Å²) in [5, 5.41) is 9.55. The van der Waals surface area contributed by atoms with Crippen molar-refractivity contribution in [3.8, 4) is 23.3 Å². The maximum atomic E-state index is 13.4. The van der Waals surface area contributed by atoms with E-state index in [2.05, 4.69) is 21.7 Å². The zero-order valence-corrected chi connectivity index (χ0v) is 18.7. The molecule has 0 aliphatic carbocycles. The maximum absolute atomic E-state index is 13.4. The first-order valence-corrected chi connectivity index (χ1v) is 10.8. The molecule has 2 aromatic rings. The van der Waals surface area contributed by atoms with Crippen molar-refractivity contribution < 1.29 is 27.8 Å². The lowest BCUT2D eigenvalue weighted by molar-refractivity contribution is 0.0979. The summed E-state index contributed by atoms with van der Waals surface area (Å²) >= 11 is 0. The number of sulfonamides is 1. The molecule has 31 heavy (non-hydrogen) atoms. The number of methoxy groups -OCH3 is 2. The molecule has 0 aliphatic heterocycles. The number of aliphatic hydroxyl groups excluding tert-OH is 1. The number of rotatable bonds is 8. The van der Waals surface area contributed by atoms with Crippen molar-refractivity contribution in [2.75, 3.05) is 19.2 Å². The third kappa shape index (κ3) is 5.52. The highest BCUT2D eigenvalue weighted by Crippen LogP contribution is 2.38. The lowest BCUT2D eigenvalue weighted by Gasteiger charge is -2.28. The highest BCUT2D eigenvalue weighted by Gasteiger charge is 2.34.